The largest absolute Gasteiger partial charge is 0.465 e. The minimum absolute atomic E-state index is 0.0139. The second-order valence-corrected chi connectivity index (χ2v) is 12.8. The van der Waals surface area contributed by atoms with Crippen molar-refractivity contribution in [2.45, 2.75) is 88.9 Å². The van der Waals surface area contributed by atoms with Crippen LogP contribution in [0.3, 0.4) is 0 Å². The van der Waals surface area contributed by atoms with Crippen LogP contribution in [0, 0.1) is 5.92 Å². The molecule has 2 saturated carbocycles. The molecule has 8 heteroatoms. The number of nitrogens with two attached hydrogens (primary N) is 1. The Kier molecular flexibility index (Phi) is 8.39. The van der Waals surface area contributed by atoms with E-state index in [1.165, 1.54) is 0 Å². The average Bonchev–Trinajstić information content (AvgIpc) is 2.93. The van der Waals surface area contributed by atoms with Gasteiger partial charge in [-0.25, -0.2) is 4.79 Å². The molecule has 0 aliphatic heterocycles. The predicted octanol–water partition coefficient (Wildman–Crippen LogP) is 6.39. The number of hydrogen-bond donors (Lipinski definition) is 4. The lowest BCUT2D eigenvalue weighted by atomic mass is 9.63. The van der Waals surface area contributed by atoms with Crippen LogP contribution in [0.1, 0.15) is 71.3 Å². The van der Waals surface area contributed by atoms with Gasteiger partial charge in [-0.1, -0.05) is 54.6 Å². The van der Waals surface area contributed by atoms with Gasteiger partial charge in [-0.3, -0.25) is 9.78 Å². The highest BCUT2D eigenvalue weighted by Gasteiger charge is 2.49. The first-order valence-electron chi connectivity index (χ1n) is 14.9. The summed E-state index contributed by atoms with van der Waals surface area (Å²) in [6.07, 6.45) is 5.51. The maximum atomic E-state index is 13.1. The third-order valence-corrected chi connectivity index (χ3v) is 8.84. The molecule has 42 heavy (non-hydrogen) atoms. The van der Waals surface area contributed by atoms with Crippen molar-refractivity contribution in [3.63, 3.8) is 0 Å². The van der Waals surface area contributed by atoms with Gasteiger partial charge in [-0.2, -0.15) is 0 Å². The number of carbonyl (C=O) groups is 2. The molecule has 0 bridgehead atoms. The Bertz CT molecular complexity index is 1410. The Morgan fingerprint density at radius 3 is 2.24 bits per heavy atom. The van der Waals surface area contributed by atoms with Gasteiger partial charge >= 0.3 is 6.09 Å². The van der Waals surface area contributed by atoms with Gasteiger partial charge in [0.05, 0.1) is 23.2 Å². The number of rotatable bonds is 8. The second-order valence-electron chi connectivity index (χ2n) is 12.8. The van der Waals surface area contributed by atoms with Crippen molar-refractivity contribution in [2.75, 3.05) is 5.32 Å². The van der Waals surface area contributed by atoms with Gasteiger partial charge in [0.1, 0.15) is 0 Å². The molecule has 2 fully saturated rings. The van der Waals surface area contributed by atoms with Gasteiger partial charge in [0, 0.05) is 35.2 Å². The molecule has 0 radical (unpaired) electrons. The predicted molar refractivity (Wildman–Crippen MR) is 165 cm³/mol. The van der Waals surface area contributed by atoms with Gasteiger partial charge in [0.2, 0.25) is 5.91 Å². The van der Waals surface area contributed by atoms with E-state index in [9.17, 15) is 19.8 Å². The van der Waals surface area contributed by atoms with Gasteiger partial charge in [0.15, 0.2) is 0 Å². The highest BCUT2D eigenvalue weighted by molar-refractivity contribution is 5.93. The first kappa shape index (κ1) is 29.7. The lowest BCUT2D eigenvalue weighted by Crippen LogP contribution is -2.58. The van der Waals surface area contributed by atoms with E-state index in [4.69, 9.17) is 10.7 Å². The second kappa shape index (κ2) is 11.9. The Labute approximate surface area is 248 Å². The summed E-state index contributed by atoms with van der Waals surface area (Å²) in [5.74, 6) is 0.175. The molecule has 0 atom stereocenters. The zero-order valence-corrected chi connectivity index (χ0v) is 24.7. The Balaban J connectivity index is 1.28. The van der Waals surface area contributed by atoms with Crippen LogP contribution in [0.25, 0.3) is 22.4 Å². The topological polar surface area (TPSA) is 129 Å². The van der Waals surface area contributed by atoms with Gasteiger partial charge < -0.3 is 26.2 Å². The Hall–Kier alpha value is -3.75. The van der Waals surface area contributed by atoms with Crippen molar-refractivity contribution in [3.8, 4) is 22.4 Å². The van der Waals surface area contributed by atoms with E-state index in [1.807, 2.05) is 81.4 Å². The van der Waals surface area contributed by atoms with Crippen LogP contribution in [0.15, 0.2) is 66.9 Å². The number of pyridine rings is 1. The summed E-state index contributed by atoms with van der Waals surface area (Å²) in [7, 11) is 0. The molecule has 2 aromatic carbocycles. The van der Waals surface area contributed by atoms with Crippen molar-refractivity contribution < 1.29 is 19.8 Å². The molecule has 2 aliphatic rings. The molecule has 5 N–H and O–H groups in total. The van der Waals surface area contributed by atoms with Crippen LogP contribution >= 0.6 is 0 Å². The summed E-state index contributed by atoms with van der Waals surface area (Å²) in [5, 5.41) is 22.8. The summed E-state index contributed by atoms with van der Waals surface area (Å²) in [6.45, 7) is 5.63. The molecule has 5 rings (SSSR count). The molecular formula is C34H42N4O4. The minimum atomic E-state index is -0.872. The van der Waals surface area contributed by atoms with Crippen LogP contribution in [0.5, 0.6) is 0 Å². The van der Waals surface area contributed by atoms with Crippen molar-refractivity contribution >= 4 is 17.7 Å². The molecule has 0 saturated heterocycles. The summed E-state index contributed by atoms with van der Waals surface area (Å²) in [4.78, 5) is 31.1. The van der Waals surface area contributed by atoms with E-state index in [0.717, 1.165) is 53.6 Å². The molecule has 2 aliphatic carbocycles. The number of carboxylic acid groups (broad SMARTS) is 1. The molecule has 1 heterocycles. The molecular weight excluding hydrogens is 528 g/mol. The SMILES string of the molecule is CC(C)N(C(=O)O)C1CCC(CC(=O)Nc2cnc(-c3ccc([C@]4(N)C[C@](C)(O)C4)cc3)c(-c3ccccc3)c2)CC1. The standard InChI is InChI=1S/C34H42N4O4/c1-22(2)38(32(40)41)28-15-9-23(10-16-28)17-30(39)37-27-18-29(24-7-5-4-6-8-24)31(36-19-27)25-11-13-26(14-12-25)34(35)20-33(3,42)21-34/h4-8,11-14,18-19,22-23,28,42H,9-10,15-17,20-21,35H2,1-3H3,(H,37,39)(H,40,41)/t23?,28?,33-,34-. The summed E-state index contributed by atoms with van der Waals surface area (Å²) < 4.78 is 0. The smallest absolute Gasteiger partial charge is 0.407 e. The number of nitrogens with one attached hydrogen (secondary N) is 1. The number of aromatic nitrogens is 1. The third-order valence-electron chi connectivity index (χ3n) is 8.84. The van der Waals surface area contributed by atoms with Crippen LogP contribution in [0.4, 0.5) is 10.5 Å². The zero-order chi connectivity index (χ0) is 30.1. The highest BCUT2D eigenvalue weighted by Crippen LogP contribution is 2.46. The number of amides is 2. The van der Waals surface area contributed by atoms with E-state index in [1.54, 1.807) is 11.1 Å². The number of aliphatic hydroxyl groups is 1. The maximum Gasteiger partial charge on any atom is 0.407 e. The Morgan fingerprint density at radius 2 is 1.67 bits per heavy atom. The molecule has 222 valence electrons. The summed E-state index contributed by atoms with van der Waals surface area (Å²) >= 11 is 0. The third kappa shape index (κ3) is 6.50. The lowest BCUT2D eigenvalue weighted by Gasteiger charge is -2.49. The van der Waals surface area contributed by atoms with E-state index in [0.29, 0.717) is 24.9 Å². The fourth-order valence-electron chi connectivity index (χ4n) is 6.97. The van der Waals surface area contributed by atoms with Gasteiger partial charge in [0.25, 0.3) is 0 Å². The van der Waals surface area contributed by atoms with Crippen molar-refractivity contribution in [1.82, 2.24) is 9.88 Å². The molecule has 8 nitrogen and oxygen atoms in total. The number of carbonyl (C=O) groups excluding carboxylic acids is 1. The number of nitrogens with zero attached hydrogens (tertiary/aromatic N) is 2. The van der Waals surface area contributed by atoms with Crippen molar-refractivity contribution in [2.24, 2.45) is 11.7 Å². The lowest BCUT2D eigenvalue weighted by molar-refractivity contribution is -0.117. The summed E-state index contributed by atoms with van der Waals surface area (Å²) in [5.41, 5.74) is 10.6. The number of hydrogen-bond acceptors (Lipinski definition) is 5. The normalized spacial score (nSPS) is 25.5. The van der Waals surface area contributed by atoms with E-state index in [-0.39, 0.29) is 23.9 Å². The first-order chi connectivity index (χ1) is 19.9. The van der Waals surface area contributed by atoms with E-state index < -0.39 is 17.2 Å². The van der Waals surface area contributed by atoms with Crippen molar-refractivity contribution in [3.05, 3.63) is 72.4 Å². The fraction of sp³-hybridized carbons (Fsp3) is 0.441. The minimum Gasteiger partial charge on any atom is -0.465 e. The van der Waals surface area contributed by atoms with E-state index >= 15 is 0 Å². The highest BCUT2D eigenvalue weighted by atomic mass is 16.4. The van der Waals surface area contributed by atoms with Crippen LogP contribution < -0.4 is 11.1 Å². The summed E-state index contributed by atoms with van der Waals surface area (Å²) in [6, 6.07) is 20.0. The van der Waals surface area contributed by atoms with Crippen LogP contribution in [-0.4, -0.2) is 49.8 Å². The monoisotopic (exact) mass is 570 g/mol. The van der Waals surface area contributed by atoms with E-state index in [2.05, 4.69) is 5.32 Å². The molecule has 0 spiro atoms. The van der Waals surface area contributed by atoms with Gasteiger partial charge in [-0.15, -0.1) is 0 Å². The molecule has 0 unspecified atom stereocenters. The van der Waals surface area contributed by atoms with Crippen LogP contribution in [0.2, 0.25) is 0 Å². The molecule has 1 aromatic heterocycles. The molecule has 2 amide bonds. The fourth-order valence-corrected chi connectivity index (χ4v) is 6.97. The van der Waals surface area contributed by atoms with Gasteiger partial charge in [-0.05, 0) is 82.4 Å². The quantitative estimate of drug-likeness (QED) is 0.248. The first-order valence-corrected chi connectivity index (χ1v) is 14.9. The number of benzene rings is 2. The number of anilines is 1. The van der Waals surface area contributed by atoms with Crippen LogP contribution in [-0.2, 0) is 10.3 Å². The Morgan fingerprint density at radius 1 is 1.02 bits per heavy atom. The average molecular weight is 571 g/mol. The maximum absolute atomic E-state index is 13.1. The zero-order valence-electron chi connectivity index (χ0n) is 24.7. The van der Waals surface area contributed by atoms with Crippen molar-refractivity contribution in [1.29, 1.82) is 0 Å². The molecule has 3 aromatic rings.